The Balaban J connectivity index is 2.05. The smallest absolute Gasteiger partial charge is 0.251 e. The molecule has 0 atom stereocenters. The summed E-state index contributed by atoms with van der Waals surface area (Å²) in [6.45, 7) is 6.51. The van der Waals surface area contributed by atoms with Crippen LogP contribution in [0.15, 0.2) is 18.2 Å². The molecule has 0 aromatic carbocycles. The first kappa shape index (κ1) is 13.5. The molecule has 2 aromatic heterocycles. The maximum Gasteiger partial charge on any atom is 0.251 e. The largest absolute Gasteiger partial charge is 0.384 e. The number of nitrogens with two attached hydrogens (primary N) is 1. The van der Waals surface area contributed by atoms with Gasteiger partial charge in [0.1, 0.15) is 5.82 Å². The van der Waals surface area contributed by atoms with Crippen LogP contribution in [0.2, 0.25) is 0 Å². The molecule has 0 unspecified atom stereocenters. The molecule has 0 saturated heterocycles. The number of nitrogens with zero attached hydrogens (tertiary/aromatic N) is 1. The van der Waals surface area contributed by atoms with Crippen LogP contribution in [0.25, 0.3) is 0 Å². The number of aryl methyl sites for hydroxylation is 3. The van der Waals surface area contributed by atoms with E-state index in [1.807, 2.05) is 6.92 Å². The standard InChI is InChI=1S/C14H17N3OS/c1-8-4-12(19-10(8)3)7-16-14(18)11-5-9(2)17-13(15)6-11/h4-6H,7H2,1-3H3,(H2,15,17)(H,16,18). The molecule has 4 nitrogen and oxygen atoms in total. The molecule has 1 amide bonds. The Morgan fingerprint density at radius 2 is 2.05 bits per heavy atom. The highest BCUT2D eigenvalue weighted by Crippen LogP contribution is 2.20. The van der Waals surface area contributed by atoms with Crippen LogP contribution >= 0.6 is 11.3 Å². The fourth-order valence-corrected chi connectivity index (χ4v) is 2.82. The third-order valence-electron chi connectivity index (χ3n) is 2.88. The highest BCUT2D eigenvalue weighted by Gasteiger charge is 2.08. The van der Waals surface area contributed by atoms with E-state index in [4.69, 9.17) is 5.73 Å². The van der Waals surface area contributed by atoms with E-state index in [1.165, 1.54) is 10.4 Å². The van der Waals surface area contributed by atoms with Crippen molar-refractivity contribution in [2.45, 2.75) is 27.3 Å². The number of thiophene rings is 1. The van der Waals surface area contributed by atoms with Crippen LogP contribution in [0.1, 0.15) is 31.4 Å². The maximum atomic E-state index is 12.0. The molecular weight excluding hydrogens is 258 g/mol. The Morgan fingerprint density at radius 3 is 2.63 bits per heavy atom. The van der Waals surface area contributed by atoms with Crippen molar-refractivity contribution in [3.05, 3.63) is 44.8 Å². The van der Waals surface area contributed by atoms with Gasteiger partial charge in [0.2, 0.25) is 0 Å². The lowest BCUT2D eigenvalue weighted by molar-refractivity contribution is 0.0951. The van der Waals surface area contributed by atoms with Gasteiger partial charge in [-0.1, -0.05) is 0 Å². The van der Waals surface area contributed by atoms with E-state index >= 15 is 0 Å². The van der Waals surface area contributed by atoms with Crippen molar-refractivity contribution < 1.29 is 4.79 Å². The molecule has 5 heteroatoms. The molecule has 0 aliphatic rings. The van der Waals surface area contributed by atoms with Crippen LogP contribution in [0, 0.1) is 20.8 Å². The lowest BCUT2D eigenvalue weighted by atomic mass is 10.2. The van der Waals surface area contributed by atoms with Gasteiger partial charge in [0.25, 0.3) is 5.91 Å². The molecule has 2 rings (SSSR count). The second-order valence-corrected chi connectivity index (χ2v) is 5.90. The van der Waals surface area contributed by atoms with Crippen LogP contribution in [0.3, 0.4) is 0 Å². The Bertz CT molecular complexity index is 579. The molecule has 2 heterocycles. The zero-order valence-corrected chi connectivity index (χ0v) is 12.1. The normalized spacial score (nSPS) is 10.5. The summed E-state index contributed by atoms with van der Waals surface area (Å²) in [4.78, 5) is 18.5. The van der Waals surface area contributed by atoms with Crippen molar-refractivity contribution >= 4 is 23.1 Å². The summed E-state index contributed by atoms with van der Waals surface area (Å²) in [6, 6.07) is 5.43. The Morgan fingerprint density at radius 1 is 1.32 bits per heavy atom. The number of hydrogen-bond donors (Lipinski definition) is 2. The van der Waals surface area contributed by atoms with Crippen molar-refractivity contribution in [3.63, 3.8) is 0 Å². The van der Waals surface area contributed by atoms with E-state index in [0.29, 0.717) is 17.9 Å². The van der Waals surface area contributed by atoms with E-state index in [2.05, 4.69) is 30.2 Å². The van der Waals surface area contributed by atoms with Gasteiger partial charge in [0.15, 0.2) is 0 Å². The van der Waals surface area contributed by atoms with Gasteiger partial charge in [-0.25, -0.2) is 4.98 Å². The quantitative estimate of drug-likeness (QED) is 0.904. The molecular formula is C14H17N3OS. The molecule has 0 aliphatic heterocycles. The number of nitrogen functional groups attached to an aromatic ring is 1. The summed E-state index contributed by atoms with van der Waals surface area (Å²) in [5, 5.41) is 2.90. The van der Waals surface area contributed by atoms with Gasteiger partial charge < -0.3 is 11.1 Å². The molecule has 2 aromatic rings. The fourth-order valence-electron chi connectivity index (χ4n) is 1.83. The highest BCUT2D eigenvalue weighted by molar-refractivity contribution is 7.12. The van der Waals surface area contributed by atoms with Crippen LogP contribution in [-0.4, -0.2) is 10.9 Å². The monoisotopic (exact) mass is 275 g/mol. The number of rotatable bonds is 3. The van der Waals surface area contributed by atoms with Gasteiger partial charge in [-0.15, -0.1) is 11.3 Å². The number of carbonyl (C=O) groups is 1. The van der Waals surface area contributed by atoms with Crippen molar-refractivity contribution in [1.82, 2.24) is 10.3 Å². The topological polar surface area (TPSA) is 68.0 Å². The lowest BCUT2D eigenvalue weighted by Crippen LogP contribution is -2.22. The minimum absolute atomic E-state index is 0.124. The predicted octanol–water partition coefficient (Wildman–Crippen LogP) is 2.58. The second-order valence-electron chi connectivity index (χ2n) is 4.56. The number of amides is 1. The van der Waals surface area contributed by atoms with Crippen LogP contribution < -0.4 is 11.1 Å². The van der Waals surface area contributed by atoms with E-state index < -0.39 is 0 Å². The number of aromatic nitrogens is 1. The van der Waals surface area contributed by atoms with Crippen LogP contribution in [0.5, 0.6) is 0 Å². The van der Waals surface area contributed by atoms with Gasteiger partial charge in [-0.3, -0.25) is 4.79 Å². The molecule has 0 fully saturated rings. The predicted molar refractivity (Wildman–Crippen MR) is 78.3 cm³/mol. The molecule has 0 bridgehead atoms. The van der Waals surface area contributed by atoms with E-state index in [0.717, 1.165) is 10.6 Å². The van der Waals surface area contributed by atoms with Crippen LogP contribution in [0.4, 0.5) is 5.82 Å². The second kappa shape index (κ2) is 5.40. The zero-order valence-electron chi connectivity index (χ0n) is 11.3. The third kappa shape index (κ3) is 3.32. The average molecular weight is 275 g/mol. The lowest BCUT2D eigenvalue weighted by Gasteiger charge is -2.05. The summed E-state index contributed by atoms with van der Waals surface area (Å²) < 4.78 is 0. The molecule has 0 radical (unpaired) electrons. The number of hydrogen-bond acceptors (Lipinski definition) is 4. The third-order valence-corrected chi connectivity index (χ3v) is 4.03. The molecule has 0 aliphatic carbocycles. The summed E-state index contributed by atoms with van der Waals surface area (Å²) in [6.07, 6.45) is 0. The van der Waals surface area contributed by atoms with Gasteiger partial charge in [-0.05, 0) is 44.5 Å². The fraction of sp³-hybridized carbons (Fsp3) is 0.286. The minimum atomic E-state index is -0.124. The summed E-state index contributed by atoms with van der Waals surface area (Å²) in [5.74, 6) is 0.244. The van der Waals surface area contributed by atoms with Gasteiger partial charge in [0, 0.05) is 21.0 Å². The molecule has 0 saturated carbocycles. The van der Waals surface area contributed by atoms with Crippen LogP contribution in [-0.2, 0) is 6.54 Å². The SMILES string of the molecule is Cc1cc(C(=O)NCc2cc(C)c(C)s2)cc(N)n1. The Hall–Kier alpha value is -1.88. The van der Waals surface area contributed by atoms with E-state index in [-0.39, 0.29) is 5.91 Å². The van der Waals surface area contributed by atoms with Crippen molar-refractivity contribution in [1.29, 1.82) is 0 Å². The first-order valence-corrected chi connectivity index (χ1v) is 6.85. The average Bonchev–Trinajstić information content (AvgIpc) is 2.64. The van der Waals surface area contributed by atoms with Gasteiger partial charge >= 0.3 is 0 Å². The van der Waals surface area contributed by atoms with Gasteiger partial charge in [-0.2, -0.15) is 0 Å². The molecule has 100 valence electrons. The summed E-state index contributed by atoms with van der Waals surface area (Å²) in [7, 11) is 0. The number of carbonyl (C=O) groups excluding carboxylic acids is 1. The summed E-state index contributed by atoms with van der Waals surface area (Å²) in [5.41, 5.74) is 8.20. The van der Waals surface area contributed by atoms with Crippen molar-refractivity contribution in [2.24, 2.45) is 0 Å². The number of anilines is 1. The van der Waals surface area contributed by atoms with Gasteiger partial charge in [0.05, 0.1) is 6.54 Å². The van der Waals surface area contributed by atoms with E-state index in [1.54, 1.807) is 23.5 Å². The molecule has 0 spiro atoms. The Labute approximate surface area is 116 Å². The molecule has 19 heavy (non-hydrogen) atoms. The summed E-state index contributed by atoms with van der Waals surface area (Å²) >= 11 is 1.71. The maximum absolute atomic E-state index is 12.0. The number of pyridine rings is 1. The Kier molecular flexibility index (Phi) is 3.85. The highest BCUT2D eigenvalue weighted by atomic mass is 32.1. The minimum Gasteiger partial charge on any atom is -0.384 e. The number of nitrogens with one attached hydrogen (secondary N) is 1. The van der Waals surface area contributed by atoms with Crippen molar-refractivity contribution in [3.8, 4) is 0 Å². The first-order valence-electron chi connectivity index (χ1n) is 6.04. The first-order chi connectivity index (χ1) is 8.95. The molecule has 3 N–H and O–H groups in total. The van der Waals surface area contributed by atoms with E-state index in [9.17, 15) is 4.79 Å². The zero-order chi connectivity index (χ0) is 14.0. The van der Waals surface area contributed by atoms with Crippen molar-refractivity contribution in [2.75, 3.05) is 5.73 Å².